The number of ether oxygens (including phenoxy) is 6. The molecule has 0 aliphatic carbocycles. The topological polar surface area (TPSA) is 124 Å². The van der Waals surface area contributed by atoms with Crippen molar-refractivity contribution < 1.29 is 47.6 Å². The van der Waals surface area contributed by atoms with Crippen LogP contribution in [0.15, 0.2) is 49.6 Å². The maximum absolute atomic E-state index is 11.0. The molecule has 40 heavy (non-hydrogen) atoms. The van der Waals surface area contributed by atoms with E-state index in [1.165, 1.54) is 0 Å². The lowest BCUT2D eigenvalue weighted by molar-refractivity contribution is -0.140. The lowest BCUT2D eigenvalue weighted by Crippen LogP contribution is -2.10. The minimum Gasteiger partial charge on any atom is -0.462 e. The van der Waals surface area contributed by atoms with E-state index in [0.717, 1.165) is 12.2 Å². The normalized spacial score (nSPS) is 8.65. The predicted molar refractivity (Wildman–Crippen MR) is 161 cm³/mol. The highest BCUT2D eigenvalue weighted by Crippen LogP contribution is 1.96. The summed E-state index contributed by atoms with van der Waals surface area (Å²) in [5.74, 6) is -1.62. The molecule has 0 atom stereocenters. The largest absolute Gasteiger partial charge is 0.462 e. The Hall–Kier alpha value is -3.24. The van der Waals surface area contributed by atoms with Crippen molar-refractivity contribution in [2.45, 2.75) is 69.2 Å². The first kappa shape index (κ1) is 49.7. The highest BCUT2D eigenvalue weighted by Gasteiger charge is 2.03. The van der Waals surface area contributed by atoms with Gasteiger partial charge in [-0.15, -0.1) is 0 Å². The van der Waals surface area contributed by atoms with Gasteiger partial charge in [0.2, 0.25) is 0 Å². The van der Waals surface area contributed by atoms with Crippen molar-refractivity contribution in [3.05, 3.63) is 49.6 Å². The predicted octanol–water partition coefficient (Wildman–Crippen LogP) is 5.81. The van der Waals surface area contributed by atoms with Gasteiger partial charge in [0, 0.05) is 75.4 Å². The molecule has 0 aromatic carbocycles. The molecule has 0 rings (SSSR count). The Morgan fingerprint density at radius 3 is 0.975 bits per heavy atom. The lowest BCUT2D eigenvalue weighted by Gasteiger charge is -2.06. The maximum Gasteiger partial charge on any atom is 0.333 e. The minimum atomic E-state index is -0.429. The second-order valence-corrected chi connectivity index (χ2v) is 7.21. The first-order valence-electron chi connectivity index (χ1n) is 11.5. The summed E-state index contributed by atoms with van der Waals surface area (Å²) in [6.45, 7) is 20.0. The van der Waals surface area contributed by atoms with Gasteiger partial charge in [0.1, 0.15) is 0 Å². The molecule has 10 nitrogen and oxygen atoms in total. The van der Waals surface area contributed by atoms with E-state index in [1.54, 1.807) is 13.8 Å². The van der Waals surface area contributed by atoms with Gasteiger partial charge in [-0.25, -0.2) is 19.2 Å². The van der Waals surface area contributed by atoms with Crippen molar-refractivity contribution in [1.82, 2.24) is 0 Å². The third-order valence-electron chi connectivity index (χ3n) is 3.72. The van der Waals surface area contributed by atoms with Crippen LogP contribution in [0, 0.1) is 0 Å². The molecule has 10 heteroatoms. The third kappa shape index (κ3) is 36.9. The molecule has 0 N–H and O–H groups in total. The Balaban J connectivity index is -0.000000132. The van der Waals surface area contributed by atoms with E-state index < -0.39 is 11.9 Å². The average Bonchev–Trinajstić information content (AvgIpc) is 2.86. The highest BCUT2D eigenvalue weighted by atomic mass is 16.5. The third-order valence-corrected chi connectivity index (χ3v) is 3.72. The Labute approximate surface area is 243 Å². The first-order chi connectivity index (χ1) is 17.1. The minimum absolute atomic E-state index is 0. The van der Waals surface area contributed by atoms with Crippen LogP contribution >= 0.6 is 0 Å². The number of carbonyl (C=O) groups is 4. The van der Waals surface area contributed by atoms with Crippen LogP contribution in [-0.2, 0) is 47.6 Å². The van der Waals surface area contributed by atoms with Crippen molar-refractivity contribution in [1.29, 1.82) is 0 Å². The second-order valence-electron chi connectivity index (χ2n) is 7.21. The van der Waals surface area contributed by atoms with Crippen molar-refractivity contribution in [3.8, 4) is 0 Å². The van der Waals surface area contributed by atoms with Crippen LogP contribution in [-0.4, -0.2) is 76.7 Å². The van der Waals surface area contributed by atoms with E-state index in [1.807, 2.05) is 0 Å². The Morgan fingerprint density at radius 2 is 0.750 bits per heavy atom. The molecule has 0 amide bonds. The van der Waals surface area contributed by atoms with E-state index in [0.29, 0.717) is 89.7 Å². The van der Waals surface area contributed by atoms with Crippen LogP contribution in [0.4, 0.5) is 0 Å². The van der Waals surface area contributed by atoms with Gasteiger partial charge in [0.15, 0.2) is 0 Å². The molecule has 0 spiro atoms. The van der Waals surface area contributed by atoms with E-state index in [2.05, 4.69) is 26.3 Å². The van der Waals surface area contributed by atoms with Gasteiger partial charge in [-0.3, -0.25) is 0 Å². The molecule has 0 unspecified atom stereocenters. The molecule has 0 saturated carbocycles. The summed E-state index contributed by atoms with van der Waals surface area (Å²) in [6.07, 6.45) is 4.76. The van der Waals surface area contributed by atoms with Crippen LogP contribution in [0.1, 0.15) is 69.2 Å². The van der Waals surface area contributed by atoms with Crippen LogP contribution in [0.3, 0.4) is 0 Å². The van der Waals surface area contributed by atoms with E-state index in [-0.39, 0.29) is 41.6 Å². The van der Waals surface area contributed by atoms with Crippen LogP contribution in [0.2, 0.25) is 0 Å². The van der Waals surface area contributed by atoms with E-state index in [4.69, 9.17) is 28.4 Å². The highest BCUT2D eigenvalue weighted by molar-refractivity contribution is 5.87. The van der Waals surface area contributed by atoms with Crippen molar-refractivity contribution >= 4 is 23.9 Å². The summed E-state index contributed by atoms with van der Waals surface area (Å²) in [7, 11) is 0. The van der Waals surface area contributed by atoms with Crippen LogP contribution in [0.25, 0.3) is 0 Å². The summed E-state index contributed by atoms with van der Waals surface area (Å²) in [4.78, 5) is 43.3. The fourth-order valence-electron chi connectivity index (χ4n) is 1.89. The molecule has 0 radical (unpaired) electrons. The zero-order valence-electron chi connectivity index (χ0n) is 21.6. The van der Waals surface area contributed by atoms with Gasteiger partial charge in [0.25, 0.3) is 0 Å². The molecule has 0 aromatic rings. The molecular formula is C30H56O10. The van der Waals surface area contributed by atoms with Gasteiger partial charge >= 0.3 is 23.9 Å². The summed E-state index contributed by atoms with van der Waals surface area (Å²) < 4.78 is 29.8. The lowest BCUT2D eigenvalue weighted by atomic mass is 10.3. The quantitative estimate of drug-likeness (QED) is 0.0759. The molecule has 236 valence electrons. The van der Waals surface area contributed by atoms with Gasteiger partial charge in [0.05, 0.1) is 26.4 Å². The molecule has 0 aliphatic rings. The van der Waals surface area contributed by atoms with Crippen LogP contribution < -0.4 is 0 Å². The van der Waals surface area contributed by atoms with E-state index >= 15 is 0 Å². The Bertz CT molecular complexity index is 655. The molecule has 0 heterocycles. The van der Waals surface area contributed by atoms with Crippen LogP contribution in [0.5, 0.6) is 0 Å². The van der Waals surface area contributed by atoms with Gasteiger partial charge < -0.3 is 28.4 Å². The fourth-order valence-corrected chi connectivity index (χ4v) is 1.89. The second kappa shape index (κ2) is 35.8. The molecule has 0 aliphatic heterocycles. The monoisotopic (exact) mass is 576 g/mol. The summed E-state index contributed by atoms with van der Waals surface area (Å²) in [6, 6.07) is 0. The Kier molecular flexibility index (Phi) is 44.4. The fraction of sp³-hybridized carbons (Fsp3) is 0.600. The zero-order valence-corrected chi connectivity index (χ0v) is 21.6. The van der Waals surface area contributed by atoms with Gasteiger partial charge in [-0.05, 0) is 13.8 Å². The molecular weight excluding hydrogens is 520 g/mol. The van der Waals surface area contributed by atoms with Crippen molar-refractivity contribution in [3.63, 3.8) is 0 Å². The maximum atomic E-state index is 11.0. The van der Waals surface area contributed by atoms with Gasteiger partial charge in [-0.1, -0.05) is 56.0 Å². The first-order valence-corrected chi connectivity index (χ1v) is 11.5. The molecule has 0 fully saturated rings. The number of carbonyl (C=O) groups excluding carboxylic acids is 4. The smallest absolute Gasteiger partial charge is 0.333 e. The number of hydrogen-bond acceptors (Lipinski definition) is 10. The Morgan fingerprint density at radius 1 is 0.500 bits per heavy atom. The SMILES string of the molecule is C.C.C.C.C=C(C)C(=O)OCCCOCCCOC(=O)C(=C)C.C=CC(=O)OCCCOCCCOC(=O)C=C. The van der Waals surface area contributed by atoms with E-state index in [9.17, 15) is 19.2 Å². The van der Waals surface area contributed by atoms with Crippen molar-refractivity contribution in [2.24, 2.45) is 0 Å². The van der Waals surface area contributed by atoms with Crippen molar-refractivity contribution in [2.75, 3.05) is 52.9 Å². The van der Waals surface area contributed by atoms with Gasteiger partial charge in [-0.2, -0.15) is 0 Å². The summed E-state index contributed by atoms with van der Waals surface area (Å²) in [5, 5.41) is 0. The number of hydrogen-bond donors (Lipinski definition) is 0. The summed E-state index contributed by atoms with van der Waals surface area (Å²) in [5.41, 5.74) is 0.778. The molecule has 0 aromatic heterocycles. The standard InChI is InChI=1S/C14H22O5.C12H18O5.4CH4/c1-11(2)13(15)18-9-5-7-17-8-6-10-19-14(16)12(3)4;1-3-11(13)16-9-5-7-15-8-6-10-17-12(14)4-2;;;;/h1,3,5-10H2,2,4H3;3-4H,1-2,5-10H2;4*1H4. The number of rotatable bonds is 20. The zero-order chi connectivity index (χ0) is 27.6. The average molecular weight is 577 g/mol. The molecule has 0 saturated heterocycles. The summed E-state index contributed by atoms with van der Waals surface area (Å²) >= 11 is 0. The number of esters is 4. The molecule has 0 bridgehead atoms.